The van der Waals surface area contributed by atoms with Crippen molar-refractivity contribution in [2.24, 2.45) is 0 Å². The van der Waals surface area contributed by atoms with Gasteiger partial charge >= 0.3 is 6.18 Å². The van der Waals surface area contributed by atoms with Crippen LogP contribution in [0.25, 0.3) is 28.0 Å². The summed E-state index contributed by atoms with van der Waals surface area (Å²) in [5, 5.41) is 2.03. The normalized spacial score (nSPS) is 19.6. The quantitative estimate of drug-likeness (QED) is 0.158. The van der Waals surface area contributed by atoms with Crippen LogP contribution < -0.4 is 14.5 Å². The number of benzene rings is 5. The molecule has 1 spiro atoms. The third-order valence-electron chi connectivity index (χ3n) is 13.5. The Labute approximate surface area is 353 Å². The van der Waals surface area contributed by atoms with Crippen molar-refractivity contribution in [1.29, 1.82) is 0 Å². The van der Waals surface area contributed by atoms with Gasteiger partial charge in [0.25, 0.3) is 0 Å². The Morgan fingerprint density at radius 3 is 1.71 bits per heavy atom. The fraction of sp³-hybridized carbons (Fsp3) is 0.388. The summed E-state index contributed by atoms with van der Waals surface area (Å²) in [5.74, 6) is 0.797. The summed E-state index contributed by atoms with van der Waals surface area (Å²) in [6.45, 7) is 6.22. The Morgan fingerprint density at radius 2 is 1.19 bits per heavy atom. The third-order valence-corrected chi connectivity index (χ3v) is 15.1. The summed E-state index contributed by atoms with van der Waals surface area (Å²) >= 11 is 3.42. The van der Waals surface area contributed by atoms with Crippen LogP contribution in [0.15, 0.2) is 94.7 Å². The van der Waals surface area contributed by atoms with Crippen LogP contribution in [0.5, 0.6) is 5.75 Å². The van der Waals surface area contributed by atoms with E-state index < -0.39 is 22.8 Å². The second-order valence-electron chi connectivity index (χ2n) is 16.5. The van der Waals surface area contributed by atoms with E-state index in [1.54, 1.807) is 29.6 Å². The molecule has 5 aliphatic rings. The number of ether oxygens (including phenoxy) is 3. The van der Waals surface area contributed by atoms with E-state index >= 15 is 0 Å². The van der Waals surface area contributed by atoms with Gasteiger partial charge < -0.3 is 24.0 Å². The number of rotatable bonds is 6. The second kappa shape index (κ2) is 15.4. The predicted molar refractivity (Wildman–Crippen MR) is 236 cm³/mol. The number of alkyl halides is 3. The van der Waals surface area contributed by atoms with Crippen molar-refractivity contribution in [1.82, 2.24) is 0 Å². The topological polar surface area (TPSA) is 34.2 Å². The van der Waals surface area contributed by atoms with E-state index in [-0.39, 0.29) is 0 Å². The first kappa shape index (κ1) is 39.1. The number of thioether (sulfide) groups is 2. The lowest BCUT2D eigenvalue weighted by atomic mass is 9.69. The van der Waals surface area contributed by atoms with Crippen LogP contribution in [0.1, 0.15) is 71.9 Å². The van der Waals surface area contributed by atoms with Crippen molar-refractivity contribution in [2.75, 3.05) is 74.9 Å². The number of hydrogen-bond donors (Lipinski definition) is 0. The second-order valence-corrected chi connectivity index (χ2v) is 18.2. The number of fused-ring (bicyclic) bond motifs is 10. The predicted octanol–water partition coefficient (Wildman–Crippen LogP) is 11.9. The Morgan fingerprint density at radius 1 is 0.644 bits per heavy atom. The standard InChI is InChI=1S/C49H49F3N2O3S2/c1-58-42-30-39-40(31-43(42)59-2)46-38(45-44(39)37-16-11-34(49(50,51)52)29-41(37)47(45)18-5-3-4-6-19-47)17-20-48(57-46,32-7-12-35(13-8-32)53-21-25-55-26-22-53)33-9-14-36(15-10-33)54-23-27-56-28-24-54/h7-17,20,29-31H,3-6,18-19,21-28H2,1-2H3. The zero-order valence-corrected chi connectivity index (χ0v) is 35.3. The molecule has 0 N–H and O–H groups in total. The summed E-state index contributed by atoms with van der Waals surface area (Å²) in [4.78, 5) is 7.03. The fourth-order valence-electron chi connectivity index (χ4n) is 10.5. The zero-order chi connectivity index (χ0) is 40.4. The molecule has 5 aromatic carbocycles. The lowest BCUT2D eigenvalue weighted by Crippen LogP contribution is -2.37. The van der Waals surface area contributed by atoms with E-state index in [9.17, 15) is 13.2 Å². The van der Waals surface area contributed by atoms with Gasteiger partial charge in [0, 0.05) is 74.8 Å². The van der Waals surface area contributed by atoms with Crippen LogP contribution >= 0.6 is 23.5 Å². The number of nitrogens with zero attached hydrogens (tertiary/aromatic N) is 2. The molecule has 2 aliphatic carbocycles. The van der Waals surface area contributed by atoms with Gasteiger partial charge in [-0.05, 0) is 108 Å². The highest BCUT2D eigenvalue weighted by atomic mass is 32.2. The van der Waals surface area contributed by atoms with Crippen LogP contribution in [0.3, 0.4) is 0 Å². The molecule has 3 aliphatic heterocycles. The summed E-state index contributed by atoms with van der Waals surface area (Å²) in [5.41, 5.74) is 7.15. The van der Waals surface area contributed by atoms with Crippen molar-refractivity contribution in [3.63, 3.8) is 0 Å². The molecular formula is C49H49F3N2O3S2. The lowest BCUT2D eigenvalue weighted by Gasteiger charge is -2.40. The van der Waals surface area contributed by atoms with Crippen molar-refractivity contribution in [3.8, 4) is 16.9 Å². The highest BCUT2D eigenvalue weighted by molar-refractivity contribution is 8.01. The SMILES string of the molecule is CSc1cc2c3c(c4c(c2cc1SC)-c1ccc(C(F)(F)F)cc1C41CCCCCC1)C=CC(c1ccc(N2CCOCC2)cc1)(c1ccc(N2CCOCC2)cc1)O3. The van der Waals surface area contributed by atoms with Gasteiger partial charge in [-0.25, -0.2) is 0 Å². The summed E-state index contributed by atoms with van der Waals surface area (Å²) in [7, 11) is 0. The molecule has 10 rings (SSSR count). The summed E-state index contributed by atoms with van der Waals surface area (Å²) in [6, 6.07) is 26.7. The van der Waals surface area contributed by atoms with Crippen LogP contribution in [0.4, 0.5) is 24.5 Å². The maximum Gasteiger partial charge on any atom is 0.416 e. The third kappa shape index (κ3) is 6.55. The molecule has 3 fully saturated rings. The van der Waals surface area contributed by atoms with E-state index in [4.69, 9.17) is 14.2 Å². The average molecular weight is 835 g/mol. The molecule has 5 nitrogen and oxygen atoms in total. The molecular weight excluding hydrogens is 786 g/mol. The highest BCUT2D eigenvalue weighted by Gasteiger charge is 2.49. The van der Waals surface area contributed by atoms with Gasteiger partial charge in [-0.1, -0.05) is 62.1 Å². The van der Waals surface area contributed by atoms with Crippen molar-refractivity contribution >= 4 is 51.7 Å². The Balaban J connectivity index is 1.22. The smallest absolute Gasteiger partial charge is 0.416 e. The van der Waals surface area contributed by atoms with Gasteiger partial charge in [0.1, 0.15) is 5.75 Å². The molecule has 0 bridgehead atoms. The molecule has 0 amide bonds. The molecule has 0 aromatic heterocycles. The van der Waals surface area contributed by atoms with Gasteiger partial charge in [0.05, 0.1) is 32.0 Å². The molecule has 306 valence electrons. The summed E-state index contributed by atoms with van der Waals surface area (Å²) in [6.07, 6.45) is 9.91. The lowest BCUT2D eigenvalue weighted by molar-refractivity contribution is -0.137. The Hall–Kier alpha value is -4.09. The van der Waals surface area contributed by atoms with Crippen molar-refractivity contribution in [3.05, 3.63) is 118 Å². The van der Waals surface area contributed by atoms with Crippen LogP contribution in [0.2, 0.25) is 0 Å². The number of anilines is 2. The number of morpholine rings is 2. The Kier molecular flexibility index (Phi) is 10.2. The molecule has 10 heteroatoms. The van der Waals surface area contributed by atoms with Crippen LogP contribution in [-0.2, 0) is 26.7 Å². The minimum absolute atomic E-state index is 0.564. The monoisotopic (exact) mass is 834 g/mol. The first-order valence-electron chi connectivity index (χ1n) is 21.0. The van der Waals surface area contributed by atoms with E-state index in [1.165, 1.54) is 12.1 Å². The van der Waals surface area contributed by atoms with Gasteiger partial charge in [-0.2, -0.15) is 13.2 Å². The van der Waals surface area contributed by atoms with Crippen LogP contribution in [-0.4, -0.2) is 65.1 Å². The Bertz CT molecular complexity index is 2350. The minimum Gasteiger partial charge on any atom is -0.472 e. The number of hydrogen-bond acceptors (Lipinski definition) is 7. The van der Waals surface area contributed by atoms with Crippen molar-refractivity contribution in [2.45, 2.75) is 65.5 Å². The molecule has 1 saturated carbocycles. The van der Waals surface area contributed by atoms with Gasteiger partial charge in [-0.15, -0.1) is 23.5 Å². The molecule has 0 radical (unpaired) electrons. The largest absolute Gasteiger partial charge is 0.472 e. The maximum absolute atomic E-state index is 14.5. The first-order valence-corrected chi connectivity index (χ1v) is 23.4. The molecule has 0 atom stereocenters. The molecule has 2 saturated heterocycles. The average Bonchev–Trinajstić information content (AvgIpc) is 3.37. The van der Waals surface area contributed by atoms with E-state index in [1.807, 2.05) is 0 Å². The zero-order valence-electron chi connectivity index (χ0n) is 33.6. The van der Waals surface area contributed by atoms with E-state index in [2.05, 4.69) is 95.1 Å². The maximum atomic E-state index is 14.5. The molecule has 0 unspecified atom stereocenters. The highest BCUT2D eigenvalue weighted by Crippen LogP contribution is 2.63. The van der Waals surface area contributed by atoms with Gasteiger partial charge in [-0.3, -0.25) is 0 Å². The molecule has 5 aromatic rings. The summed E-state index contributed by atoms with van der Waals surface area (Å²) < 4.78 is 62.7. The molecule has 59 heavy (non-hydrogen) atoms. The fourth-order valence-corrected chi connectivity index (χ4v) is 12.0. The van der Waals surface area contributed by atoms with Gasteiger partial charge in [0.2, 0.25) is 0 Å². The number of halogens is 3. The van der Waals surface area contributed by atoms with E-state index in [0.29, 0.717) is 26.4 Å². The first-order chi connectivity index (χ1) is 28.7. The van der Waals surface area contributed by atoms with Crippen LogP contribution in [0, 0.1) is 0 Å². The minimum atomic E-state index is -4.44. The van der Waals surface area contributed by atoms with Gasteiger partial charge in [0.15, 0.2) is 5.60 Å². The molecule has 3 heterocycles. The van der Waals surface area contributed by atoms with Crippen molar-refractivity contribution < 1.29 is 27.4 Å². The van der Waals surface area contributed by atoms with E-state index in [0.717, 1.165) is 141 Å².